The van der Waals surface area contributed by atoms with E-state index in [1.807, 2.05) is 18.7 Å². The van der Waals surface area contributed by atoms with Gasteiger partial charge in [-0.2, -0.15) is 10.5 Å². The summed E-state index contributed by atoms with van der Waals surface area (Å²) in [4.78, 5) is 2.05. The molecule has 4 nitrogen and oxygen atoms in total. The Morgan fingerprint density at radius 2 is 1.95 bits per heavy atom. The lowest BCUT2D eigenvalue weighted by molar-refractivity contribution is 0.199. The Balaban J connectivity index is 3.26. The van der Waals surface area contributed by atoms with Gasteiger partial charge in [-0.25, -0.2) is 0 Å². The Labute approximate surface area is 114 Å². The van der Waals surface area contributed by atoms with Crippen LogP contribution in [0.25, 0.3) is 0 Å². The molecule has 0 fully saturated rings. The topological polar surface area (TPSA) is 71.0 Å². The first-order valence-electron chi connectivity index (χ1n) is 6.37. The minimum atomic E-state index is -0.605. The Hall–Kier alpha value is -2.04. The van der Waals surface area contributed by atoms with Crippen LogP contribution in [0.3, 0.4) is 0 Å². The summed E-state index contributed by atoms with van der Waals surface area (Å²) < 4.78 is 0. The van der Waals surface area contributed by atoms with Crippen LogP contribution in [0.1, 0.15) is 44.4 Å². The molecule has 1 rings (SSSR count). The van der Waals surface area contributed by atoms with Crippen LogP contribution < -0.4 is 4.90 Å². The van der Waals surface area contributed by atoms with E-state index < -0.39 is 6.10 Å². The highest BCUT2D eigenvalue weighted by Gasteiger charge is 2.17. The summed E-state index contributed by atoms with van der Waals surface area (Å²) in [5, 5.41) is 27.6. The van der Waals surface area contributed by atoms with Crippen molar-refractivity contribution in [3.8, 4) is 12.1 Å². The van der Waals surface area contributed by atoms with Gasteiger partial charge in [0.2, 0.25) is 0 Å². The number of hydrogen-bond donors (Lipinski definition) is 1. The molecule has 0 saturated carbocycles. The van der Waals surface area contributed by atoms with E-state index in [-0.39, 0.29) is 6.04 Å². The molecule has 4 heteroatoms. The quantitative estimate of drug-likeness (QED) is 0.880. The maximum atomic E-state index is 9.85. The van der Waals surface area contributed by atoms with Gasteiger partial charge < -0.3 is 10.0 Å². The number of nitrogens with zero attached hydrogens (tertiary/aromatic N) is 3. The molecule has 100 valence electrons. The molecule has 0 aliphatic carbocycles. The second-order valence-corrected chi connectivity index (χ2v) is 4.76. The van der Waals surface area contributed by atoms with Crippen molar-refractivity contribution in [3.63, 3.8) is 0 Å². The normalized spacial score (nSPS) is 11.7. The molecule has 0 bridgehead atoms. The van der Waals surface area contributed by atoms with Crippen LogP contribution in [-0.2, 0) is 0 Å². The van der Waals surface area contributed by atoms with Gasteiger partial charge >= 0.3 is 0 Å². The van der Waals surface area contributed by atoms with Crippen molar-refractivity contribution in [3.05, 3.63) is 29.3 Å². The molecule has 0 radical (unpaired) electrons. The largest absolute Gasteiger partial charge is 0.389 e. The van der Waals surface area contributed by atoms with Gasteiger partial charge in [-0.1, -0.05) is 6.07 Å². The fourth-order valence-corrected chi connectivity index (χ4v) is 2.04. The molecule has 1 atom stereocenters. The fourth-order valence-electron chi connectivity index (χ4n) is 2.04. The van der Waals surface area contributed by atoms with Crippen molar-refractivity contribution < 1.29 is 5.11 Å². The van der Waals surface area contributed by atoms with Crippen LogP contribution in [0.2, 0.25) is 0 Å². The van der Waals surface area contributed by atoms with Crippen LogP contribution in [0.4, 0.5) is 5.69 Å². The number of nitriles is 2. The van der Waals surface area contributed by atoms with Gasteiger partial charge in [0.25, 0.3) is 0 Å². The molecule has 0 aliphatic heterocycles. The number of anilines is 1. The predicted octanol–water partition coefficient (Wildman–Crippen LogP) is 2.74. The van der Waals surface area contributed by atoms with Gasteiger partial charge in [-0.3, -0.25) is 0 Å². The number of hydrogen-bond acceptors (Lipinski definition) is 4. The zero-order valence-corrected chi connectivity index (χ0v) is 11.6. The first-order valence-corrected chi connectivity index (χ1v) is 6.37. The summed E-state index contributed by atoms with van der Waals surface area (Å²) >= 11 is 0. The maximum Gasteiger partial charge on any atom is 0.0992 e. The van der Waals surface area contributed by atoms with Crippen molar-refractivity contribution in [1.82, 2.24) is 0 Å². The summed E-state index contributed by atoms with van der Waals surface area (Å²) in [6, 6.07) is 9.69. The van der Waals surface area contributed by atoms with Crippen LogP contribution in [0.5, 0.6) is 0 Å². The molecule has 19 heavy (non-hydrogen) atoms. The molecule has 0 unspecified atom stereocenters. The van der Waals surface area contributed by atoms with Gasteiger partial charge in [-0.05, 0) is 32.9 Å². The number of aliphatic hydroxyl groups is 1. The van der Waals surface area contributed by atoms with Crippen molar-refractivity contribution in [2.45, 2.75) is 39.3 Å². The van der Waals surface area contributed by atoms with E-state index in [2.05, 4.69) is 12.1 Å². The minimum Gasteiger partial charge on any atom is -0.389 e. The van der Waals surface area contributed by atoms with Crippen LogP contribution >= 0.6 is 0 Å². The molecule has 1 aromatic rings. The lowest BCUT2D eigenvalue weighted by Gasteiger charge is -2.31. The van der Waals surface area contributed by atoms with E-state index in [0.717, 1.165) is 11.3 Å². The molecule has 0 spiro atoms. The van der Waals surface area contributed by atoms with E-state index in [9.17, 15) is 5.11 Å². The first kappa shape index (κ1) is 15.0. The molecule has 1 aromatic carbocycles. The minimum absolute atomic E-state index is 0.194. The van der Waals surface area contributed by atoms with Crippen LogP contribution in [-0.4, -0.2) is 17.7 Å². The molecule has 1 N–H and O–H groups in total. The van der Waals surface area contributed by atoms with E-state index in [1.165, 1.54) is 0 Å². The van der Waals surface area contributed by atoms with Crippen molar-refractivity contribution in [1.29, 1.82) is 10.5 Å². The number of benzene rings is 1. The third kappa shape index (κ3) is 3.71. The number of rotatable bonds is 5. The average molecular weight is 257 g/mol. The highest BCUT2D eigenvalue weighted by atomic mass is 16.3. The Morgan fingerprint density at radius 3 is 2.42 bits per heavy atom. The monoisotopic (exact) mass is 257 g/mol. The Kier molecular flexibility index (Phi) is 5.36. The first-order chi connectivity index (χ1) is 9.01. The third-order valence-electron chi connectivity index (χ3n) is 3.01. The summed E-state index contributed by atoms with van der Waals surface area (Å²) in [6.45, 7) is 6.35. The van der Waals surface area contributed by atoms with Gasteiger partial charge in [0.15, 0.2) is 0 Å². The van der Waals surface area contributed by atoms with Crippen molar-refractivity contribution in [2.24, 2.45) is 0 Å². The van der Waals surface area contributed by atoms with Crippen molar-refractivity contribution >= 4 is 5.69 Å². The van der Waals surface area contributed by atoms with Crippen LogP contribution in [0.15, 0.2) is 18.2 Å². The number of aliphatic hydroxyl groups excluding tert-OH is 1. The van der Waals surface area contributed by atoms with E-state index in [0.29, 0.717) is 18.5 Å². The zero-order valence-electron chi connectivity index (χ0n) is 11.6. The summed E-state index contributed by atoms with van der Waals surface area (Å²) in [5.41, 5.74) is 2.17. The molecule has 0 saturated heterocycles. The van der Waals surface area contributed by atoms with Crippen molar-refractivity contribution in [2.75, 3.05) is 11.4 Å². The fraction of sp³-hybridized carbons (Fsp3) is 0.467. The SMILES string of the molecule is CC(C)N(CCC#N)c1cc(C#N)ccc1[C@H](C)O. The molecular weight excluding hydrogens is 238 g/mol. The van der Waals surface area contributed by atoms with E-state index in [4.69, 9.17) is 10.5 Å². The van der Waals surface area contributed by atoms with Gasteiger partial charge in [0.05, 0.1) is 30.2 Å². The molecular formula is C15H19N3O. The maximum absolute atomic E-state index is 9.85. The summed E-state index contributed by atoms with van der Waals surface area (Å²) in [5.74, 6) is 0. The van der Waals surface area contributed by atoms with E-state index >= 15 is 0 Å². The van der Waals surface area contributed by atoms with Gasteiger partial charge in [0.1, 0.15) is 0 Å². The lowest BCUT2D eigenvalue weighted by atomic mass is 10.0. The van der Waals surface area contributed by atoms with Gasteiger partial charge in [-0.15, -0.1) is 0 Å². The smallest absolute Gasteiger partial charge is 0.0992 e. The predicted molar refractivity (Wildman–Crippen MR) is 74.5 cm³/mol. The summed E-state index contributed by atoms with van der Waals surface area (Å²) in [6.07, 6.45) is -0.195. The van der Waals surface area contributed by atoms with Gasteiger partial charge in [0, 0.05) is 23.8 Å². The second kappa shape index (κ2) is 6.78. The lowest BCUT2D eigenvalue weighted by Crippen LogP contribution is -2.32. The standard InChI is InChI=1S/C15H19N3O/c1-11(2)18(8-4-7-16)15-9-13(10-17)5-6-14(15)12(3)19/h5-6,9,11-12,19H,4,8H2,1-3H3/t12-/m0/s1. The zero-order chi connectivity index (χ0) is 14.4. The molecule has 0 aliphatic rings. The molecule has 0 amide bonds. The second-order valence-electron chi connectivity index (χ2n) is 4.76. The third-order valence-corrected chi connectivity index (χ3v) is 3.01. The average Bonchev–Trinajstić information content (AvgIpc) is 2.38. The molecule has 0 heterocycles. The summed E-state index contributed by atoms with van der Waals surface area (Å²) in [7, 11) is 0. The highest BCUT2D eigenvalue weighted by Crippen LogP contribution is 2.29. The Bertz CT molecular complexity index is 509. The Morgan fingerprint density at radius 1 is 1.26 bits per heavy atom. The van der Waals surface area contributed by atoms with E-state index in [1.54, 1.807) is 25.1 Å². The highest BCUT2D eigenvalue weighted by molar-refractivity contribution is 5.59. The van der Waals surface area contributed by atoms with Crippen LogP contribution in [0, 0.1) is 22.7 Å². The molecule has 0 aromatic heterocycles.